The van der Waals surface area contributed by atoms with Gasteiger partial charge in [0.25, 0.3) is 0 Å². The number of rotatable bonds is 2. The maximum Gasteiger partial charge on any atom is 0.128 e. The highest BCUT2D eigenvalue weighted by Crippen LogP contribution is 2.38. The highest BCUT2D eigenvalue weighted by molar-refractivity contribution is 7.25. The Morgan fingerprint density at radius 1 is 1.14 bits per heavy atom. The van der Waals surface area contributed by atoms with E-state index in [4.69, 9.17) is 0 Å². The Hall–Kier alpha value is -2.52. The molecule has 0 spiro atoms. The van der Waals surface area contributed by atoms with Gasteiger partial charge in [-0.25, -0.2) is 9.97 Å². The summed E-state index contributed by atoms with van der Waals surface area (Å²) in [5.74, 6) is 0. The lowest BCUT2D eigenvalue weighted by atomic mass is 10.0. The Kier molecular flexibility index (Phi) is 3.01. The number of allylic oxidation sites excluding steroid dienone is 3. The number of aromatic nitrogens is 2. The van der Waals surface area contributed by atoms with Gasteiger partial charge in [0.2, 0.25) is 0 Å². The van der Waals surface area contributed by atoms with Crippen LogP contribution in [-0.2, 0) is 0 Å². The summed E-state index contributed by atoms with van der Waals surface area (Å²) in [7, 11) is 0. The van der Waals surface area contributed by atoms with E-state index in [1.54, 1.807) is 17.7 Å². The van der Waals surface area contributed by atoms with Crippen LogP contribution < -0.4 is 0 Å². The Labute approximate surface area is 132 Å². The fourth-order valence-corrected chi connectivity index (χ4v) is 3.89. The molecule has 0 unspecified atom stereocenters. The molecule has 2 heterocycles. The van der Waals surface area contributed by atoms with Crippen molar-refractivity contribution < 1.29 is 0 Å². The van der Waals surface area contributed by atoms with Crippen molar-refractivity contribution in [2.75, 3.05) is 0 Å². The average molecular weight is 302 g/mol. The van der Waals surface area contributed by atoms with Crippen LogP contribution in [0.3, 0.4) is 0 Å². The zero-order chi connectivity index (χ0) is 15.1. The van der Waals surface area contributed by atoms with Crippen molar-refractivity contribution in [2.45, 2.75) is 6.92 Å². The summed E-state index contributed by atoms with van der Waals surface area (Å²) >= 11 is 1.71. The third-order valence-electron chi connectivity index (χ3n) is 3.81. The molecule has 4 rings (SSSR count). The number of thiophene rings is 1. The third-order valence-corrected chi connectivity index (χ3v) is 4.87. The van der Waals surface area contributed by atoms with E-state index in [1.165, 1.54) is 20.9 Å². The minimum absolute atomic E-state index is 0.919. The van der Waals surface area contributed by atoms with Crippen molar-refractivity contribution in [2.24, 2.45) is 0 Å². The van der Waals surface area contributed by atoms with E-state index < -0.39 is 0 Å². The van der Waals surface area contributed by atoms with Gasteiger partial charge in [-0.15, -0.1) is 11.3 Å². The number of hydrogen-bond donors (Lipinski definition) is 0. The van der Waals surface area contributed by atoms with Crippen molar-refractivity contribution in [3.05, 3.63) is 67.2 Å². The van der Waals surface area contributed by atoms with Crippen molar-refractivity contribution in [3.8, 4) is 0 Å². The minimum Gasteiger partial charge on any atom is -0.236 e. The van der Waals surface area contributed by atoms with E-state index >= 15 is 0 Å². The molecule has 0 radical (unpaired) electrons. The number of benzene rings is 2. The van der Waals surface area contributed by atoms with Crippen LogP contribution >= 0.6 is 11.3 Å². The summed E-state index contributed by atoms with van der Waals surface area (Å²) in [5.41, 5.74) is 1.84. The van der Waals surface area contributed by atoms with Crippen LogP contribution in [0.4, 0.5) is 0 Å². The highest BCUT2D eigenvalue weighted by Gasteiger charge is 2.13. The van der Waals surface area contributed by atoms with Crippen molar-refractivity contribution in [3.63, 3.8) is 0 Å². The molecule has 2 nitrogen and oxygen atoms in total. The molecule has 2 aromatic heterocycles. The van der Waals surface area contributed by atoms with Gasteiger partial charge in [-0.05, 0) is 35.4 Å². The Morgan fingerprint density at radius 2 is 1.91 bits per heavy atom. The maximum atomic E-state index is 4.47. The van der Waals surface area contributed by atoms with Crippen LogP contribution in [0.2, 0.25) is 0 Å². The molecule has 0 aliphatic carbocycles. The van der Waals surface area contributed by atoms with Gasteiger partial charge >= 0.3 is 0 Å². The zero-order valence-electron chi connectivity index (χ0n) is 12.2. The van der Waals surface area contributed by atoms with Gasteiger partial charge in [0.1, 0.15) is 11.2 Å². The molecule has 22 heavy (non-hydrogen) atoms. The standard InChI is InChI=1S/C19H14N2S/c1-3-6-12(2)18-17-15-9-13-7-4-5-8-14(13)10-16(15)22-19(17)21-11-20-18/h3-11H,2H2,1H3/b6-3-. The molecule has 3 heteroatoms. The first-order chi connectivity index (χ1) is 10.8. The lowest BCUT2D eigenvalue weighted by Crippen LogP contribution is -1.88. The van der Waals surface area contributed by atoms with Crippen molar-refractivity contribution >= 4 is 48.0 Å². The molecular formula is C19H14N2S. The van der Waals surface area contributed by atoms with Crippen LogP contribution in [0, 0.1) is 0 Å². The molecule has 0 saturated heterocycles. The van der Waals surface area contributed by atoms with E-state index in [2.05, 4.69) is 52.9 Å². The molecule has 2 aromatic carbocycles. The monoisotopic (exact) mass is 302 g/mol. The molecule has 0 aliphatic heterocycles. The lowest BCUT2D eigenvalue weighted by Gasteiger charge is -2.03. The zero-order valence-corrected chi connectivity index (χ0v) is 13.0. The molecular weight excluding hydrogens is 288 g/mol. The molecule has 0 N–H and O–H groups in total. The Bertz CT molecular complexity index is 1060. The molecule has 0 atom stereocenters. The van der Waals surface area contributed by atoms with E-state index in [9.17, 15) is 0 Å². The maximum absolute atomic E-state index is 4.47. The highest BCUT2D eigenvalue weighted by atomic mass is 32.1. The predicted molar refractivity (Wildman–Crippen MR) is 96.3 cm³/mol. The number of fused-ring (bicyclic) bond motifs is 4. The summed E-state index contributed by atoms with van der Waals surface area (Å²) in [5, 5.41) is 4.81. The predicted octanol–water partition coefficient (Wildman–Crippen LogP) is 5.59. The number of nitrogens with zero attached hydrogens (tertiary/aromatic N) is 2. The van der Waals surface area contributed by atoms with Gasteiger partial charge in [0.15, 0.2) is 0 Å². The van der Waals surface area contributed by atoms with Gasteiger partial charge in [-0.1, -0.05) is 43.0 Å². The average Bonchev–Trinajstić information content (AvgIpc) is 2.90. The first-order valence-corrected chi connectivity index (χ1v) is 7.97. The van der Waals surface area contributed by atoms with Gasteiger partial charge in [0, 0.05) is 15.5 Å². The Morgan fingerprint density at radius 3 is 2.68 bits per heavy atom. The first kappa shape index (κ1) is 13.2. The molecule has 0 fully saturated rings. The van der Waals surface area contributed by atoms with E-state index in [1.807, 2.05) is 19.1 Å². The molecule has 0 bridgehead atoms. The van der Waals surface area contributed by atoms with Gasteiger partial charge in [0.05, 0.1) is 5.69 Å². The third kappa shape index (κ3) is 1.94. The fraction of sp³-hybridized carbons (Fsp3) is 0.0526. The molecule has 0 aliphatic rings. The van der Waals surface area contributed by atoms with Crippen molar-refractivity contribution in [1.29, 1.82) is 0 Å². The topological polar surface area (TPSA) is 25.8 Å². The van der Waals surface area contributed by atoms with Gasteiger partial charge in [-0.3, -0.25) is 0 Å². The smallest absolute Gasteiger partial charge is 0.128 e. The van der Waals surface area contributed by atoms with E-state index in [0.717, 1.165) is 21.5 Å². The minimum atomic E-state index is 0.919. The fourth-order valence-electron chi connectivity index (χ4n) is 2.82. The summed E-state index contributed by atoms with van der Waals surface area (Å²) in [6, 6.07) is 12.9. The van der Waals surface area contributed by atoms with Crippen molar-refractivity contribution in [1.82, 2.24) is 9.97 Å². The summed E-state index contributed by atoms with van der Waals surface area (Å²) in [6.45, 7) is 6.13. The molecule has 4 aromatic rings. The lowest BCUT2D eigenvalue weighted by molar-refractivity contribution is 1.21. The van der Waals surface area contributed by atoms with E-state index in [0.29, 0.717) is 0 Å². The molecule has 106 valence electrons. The SMILES string of the molecule is C=C(/C=C\C)c1ncnc2sc3cc4ccccc4cc3c12. The summed E-state index contributed by atoms with van der Waals surface area (Å²) < 4.78 is 1.24. The van der Waals surface area contributed by atoms with Gasteiger partial charge < -0.3 is 0 Å². The quantitative estimate of drug-likeness (QED) is 0.451. The second kappa shape index (κ2) is 5.04. The number of hydrogen-bond acceptors (Lipinski definition) is 3. The normalized spacial score (nSPS) is 11.9. The van der Waals surface area contributed by atoms with Gasteiger partial charge in [-0.2, -0.15) is 0 Å². The van der Waals surface area contributed by atoms with Crippen LogP contribution in [0.25, 0.3) is 36.6 Å². The Balaban J connectivity index is 2.15. The second-order valence-electron chi connectivity index (χ2n) is 5.23. The summed E-state index contributed by atoms with van der Waals surface area (Å²) in [4.78, 5) is 9.94. The van der Waals surface area contributed by atoms with E-state index in [-0.39, 0.29) is 0 Å². The first-order valence-electron chi connectivity index (χ1n) is 7.16. The van der Waals surface area contributed by atoms with Crippen LogP contribution in [0.1, 0.15) is 12.6 Å². The van der Waals surface area contributed by atoms with Crippen LogP contribution in [-0.4, -0.2) is 9.97 Å². The molecule has 0 saturated carbocycles. The second-order valence-corrected chi connectivity index (χ2v) is 6.26. The van der Waals surface area contributed by atoms with Crippen LogP contribution in [0.15, 0.2) is 61.5 Å². The summed E-state index contributed by atoms with van der Waals surface area (Å²) in [6.07, 6.45) is 5.61. The largest absolute Gasteiger partial charge is 0.236 e. The van der Waals surface area contributed by atoms with Crippen LogP contribution in [0.5, 0.6) is 0 Å². The molecule has 0 amide bonds.